The molecule has 0 fully saturated rings. The van der Waals surface area contributed by atoms with E-state index in [4.69, 9.17) is 0 Å². The van der Waals surface area contributed by atoms with E-state index in [0.29, 0.717) is 11.5 Å². The molecular formula is C15H25N. The van der Waals surface area contributed by atoms with Crippen LogP contribution >= 0.6 is 0 Å². The van der Waals surface area contributed by atoms with Gasteiger partial charge in [0.15, 0.2) is 0 Å². The van der Waals surface area contributed by atoms with Gasteiger partial charge < -0.3 is 5.32 Å². The molecule has 1 rings (SSSR count). The highest BCUT2D eigenvalue weighted by Gasteiger charge is 2.18. The summed E-state index contributed by atoms with van der Waals surface area (Å²) in [5, 5.41) is 3.43. The second-order valence-corrected chi connectivity index (χ2v) is 5.88. The minimum Gasteiger partial charge on any atom is -0.317 e. The van der Waals surface area contributed by atoms with Crippen LogP contribution in [0.25, 0.3) is 0 Å². The molecule has 0 heterocycles. The van der Waals surface area contributed by atoms with Gasteiger partial charge in [0, 0.05) is 6.04 Å². The molecule has 1 nitrogen and oxygen atoms in total. The molecule has 0 aliphatic rings. The summed E-state index contributed by atoms with van der Waals surface area (Å²) < 4.78 is 0. The van der Waals surface area contributed by atoms with E-state index in [0.717, 1.165) is 6.42 Å². The third kappa shape index (κ3) is 4.36. The lowest BCUT2D eigenvalue weighted by Gasteiger charge is -2.26. The summed E-state index contributed by atoms with van der Waals surface area (Å²) in [5.41, 5.74) is 3.25. The topological polar surface area (TPSA) is 12.0 Å². The van der Waals surface area contributed by atoms with E-state index in [1.54, 1.807) is 0 Å². The number of hydrogen-bond acceptors (Lipinski definition) is 1. The fourth-order valence-corrected chi connectivity index (χ4v) is 2.12. The van der Waals surface area contributed by atoms with Crippen molar-refractivity contribution in [1.82, 2.24) is 5.32 Å². The number of aryl methyl sites for hydroxylation is 1. The van der Waals surface area contributed by atoms with E-state index in [-0.39, 0.29) is 0 Å². The van der Waals surface area contributed by atoms with Crippen molar-refractivity contribution in [3.63, 3.8) is 0 Å². The van der Waals surface area contributed by atoms with Crippen molar-refractivity contribution in [2.24, 2.45) is 5.41 Å². The zero-order valence-corrected chi connectivity index (χ0v) is 11.3. The Morgan fingerprint density at radius 1 is 1.19 bits per heavy atom. The predicted octanol–water partition coefficient (Wildman–Crippen LogP) is 3.56. The van der Waals surface area contributed by atoms with Crippen molar-refractivity contribution in [3.05, 3.63) is 35.4 Å². The Balaban J connectivity index is 2.67. The second kappa shape index (κ2) is 5.49. The van der Waals surface area contributed by atoms with E-state index in [9.17, 15) is 0 Å². The molecule has 0 radical (unpaired) electrons. The first-order chi connectivity index (χ1) is 7.42. The first-order valence-corrected chi connectivity index (χ1v) is 6.14. The van der Waals surface area contributed by atoms with Crippen molar-refractivity contribution < 1.29 is 0 Å². The van der Waals surface area contributed by atoms with Gasteiger partial charge in [-0.3, -0.25) is 0 Å². The molecular weight excluding hydrogens is 194 g/mol. The van der Waals surface area contributed by atoms with Gasteiger partial charge in [-0.05, 0) is 43.4 Å². The van der Waals surface area contributed by atoms with Gasteiger partial charge in [-0.2, -0.15) is 0 Å². The summed E-state index contributed by atoms with van der Waals surface area (Å²) in [5.74, 6) is 0. The first-order valence-electron chi connectivity index (χ1n) is 6.14. The first kappa shape index (κ1) is 13.2. The molecule has 16 heavy (non-hydrogen) atoms. The van der Waals surface area contributed by atoms with E-state index in [1.165, 1.54) is 17.5 Å². The zero-order valence-electron chi connectivity index (χ0n) is 11.3. The highest BCUT2D eigenvalue weighted by molar-refractivity contribution is 5.26. The minimum atomic E-state index is 0.385. The summed E-state index contributed by atoms with van der Waals surface area (Å²) in [6.45, 7) is 9.10. The predicted molar refractivity (Wildman–Crippen MR) is 71.8 cm³/mol. The average molecular weight is 219 g/mol. The monoisotopic (exact) mass is 219 g/mol. The van der Waals surface area contributed by atoms with E-state index in [2.05, 4.69) is 64.3 Å². The van der Waals surface area contributed by atoms with E-state index >= 15 is 0 Å². The Morgan fingerprint density at radius 3 is 2.31 bits per heavy atom. The zero-order chi connectivity index (χ0) is 12.2. The number of hydrogen-bond donors (Lipinski definition) is 1. The standard InChI is InChI=1S/C15H25N/c1-12-8-6-7-9-13(12)10-14(16-5)11-15(2,3)4/h6-9,14,16H,10-11H2,1-5H3. The van der Waals surface area contributed by atoms with E-state index < -0.39 is 0 Å². The average Bonchev–Trinajstić information content (AvgIpc) is 2.18. The van der Waals surface area contributed by atoms with Crippen molar-refractivity contribution in [1.29, 1.82) is 0 Å². The molecule has 0 saturated heterocycles. The lowest BCUT2D eigenvalue weighted by atomic mass is 9.85. The molecule has 0 amide bonds. The number of rotatable bonds is 4. The summed E-state index contributed by atoms with van der Waals surface area (Å²) in [6, 6.07) is 9.24. The lowest BCUT2D eigenvalue weighted by Crippen LogP contribution is -2.32. The highest BCUT2D eigenvalue weighted by Crippen LogP contribution is 2.23. The lowest BCUT2D eigenvalue weighted by molar-refractivity contribution is 0.315. The smallest absolute Gasteiger partial charge is 0.0110 e. The van der Waals surface area contributed by atoms with Gasteiger partial charge in [-0.15, -0.1) is 0 Å². The van der Waals surface area contributed by atoms with Gasteiger partial charge in [0.05, 0.1) is 0 Å². The van der Waals surface area contributed by atoms with Crippen molar-refractivity contribution in [3.8, 4) is 0 Å². The van der Waals surface area contributed by atoms with Crippen LogP contribution in [0.5, 0.6) is 0 Å². The molecule has 0 aliphatic heterocycles. The molecule has 1 atom stereocenters. The van der Waals surface area contributed by atoms with Crippen molar-refractivity contribution in [2.75, 3.05) is 7.05 Å². The molecule has 1 N–H and O–H groups in total. The number of likely N-dealkylation sites (N-methyl/N-ethyl adjacent to an activating group) is 1. The maximum absolute atomic E-state index is 3.43. The fraction of sp³-hybridized carbons (Fsp3) is 0.600. The molecule has 1 aromatic carbocycles. The van der Waals surface area contributed by atoms with Crippen molar-refractivity contribution in [2.45, 2.75) is 46.6 Å². The Kier molecular flexibility index (Phi) is 4.55. The van der Waals surface area contributed by atoms with Gasteiger partial charge in [0.25, 0.3) is 0 Å². The van der Waals surface area contributed by atoms with Crippen LogP contribution in [0.15, 0.2) is 24.3 Å². The van der Waals surface area contributed by atoms with Crippen molar-refractivity contribution >= 4 is 0 Å². The third-order valence-electron chi connectivity index (χ3n) is 2.99. The normalized spacial score (nSPS) is 13.8. The molecule has 0 aliphatic carbocycles. The maximum atomic E-state index is 3.43. The van der Waals surface area contributed by atoms with Crippen LogP contribution in [-0.2, 0) is 6.42 Å². The fourth-order valence-electron chi connectivity index (χ4n) is 2.12. The summed E-state index contributed by atoms with van der Waals surface area (Å²) in [7, 11) is 2.06. The van der Waals surface area contributed by atoms with Crippen LogP contribution in [0, 0.1) is 12.3 Å². The van der Waals surface area contributed by atoms with E-state index in [1.807, 2.05) is 0 Å². The van der Waals surface area contributed by atoms with Gasteiger partial charge in [0.2, 0.25) is 0 Å². The second-order valence-electron chi connectivity index (χ2n) is 5.88. The maximum Gasteiger partial charge on any atom is 0.0110 e. The Labute approximate surface area is 100 Å². The SMILES string of the molecule is CNC(Cc1ccccc1C)CC(C)(C)C. The molecule has 0 aromatic heterocycles. The van der Waals surface area contributed by atoms with Crippen LogP contribution < -0.4 is 5.32 Å². The molecule has 90 valence electrons. The molecule has 0 saturated carbocycles. The van der Waals surface area contributed by atoms with Crippen LogP contribution in [0.3, 0.4) is 0 Å². The highest BCUT2D eigenvalue weighted by atomic mass is 14.9. The van der Waals surface area contributed by atoms with Gasteiger partial charge in [-0.1, -0.05) is 45.0 Å². The van der Waals surface area contributed by atoms with Gasteiger partial charge in [-0.25, -0.2) is 0 Å². The number of benzene rings is 1. The largest absolute Gasteiger partial charge is 0.317 e. The molecule has 1 unspecified atom stereocenters. The van der Waals surface area contributed by atoms with Crippen LogP contribution in [0.1, 0.15) is 38.3 Å². The minimum absolute atomic E-state index is 0.385. The van der Waals surface area contributed by atoms with Crippen LogP contribution in [0.2, 0.25) is 0 Å². The Morgan fingerprint density at radius 2 is 1.81 bits per heavy atom. The molecule has 1 aromatic rings. The van der Waals surface area contributed by atoms with Crippen LogP contribution in [0.4, 0.5) is 0 Å². The molecule has 1 heteroatoms. The quantitative estimate of drug-likeness (QED) is 0.816. The van der Waals surface area contributed by atoms with Gasteiger partial charge in [0.1, 0.15) is 0 Å². The van der Waals surface area contributed by atoms with Crippen LogP contribution in [-0.4, -0.2) is 13.1 Å². The molecule has 0 bridgehead atoms. The third-order valence-corrected chi connectivity index (χ3v) is 2.99. The Bertz CT molecular complexity index is 322. The summed E-state index contributed by atoms with van der Waals surface area (Å²) in [4.78, 5) is 0. The molecule has 0 spiro atoms. The number of nitrogens with one attached hydrogen (secondary N) is 1. The summed E-state index contributed by atoms with van der Waals surface area (Å²) >= 11 is 0. The Hall–Kier alpha value is -0.820. The summed E-state index contributed by atoms with van der Waals surface area (Å²) in [6.07, 6.45) is 2.33. The van der Waals surface area contributed by atoms with Gasteiger partial charge >= 0.3 is 0 Å².